The molecule has 0 spiro atoms. The molecule has 0 saturated carbocycles. The molecule has 1 saturated heterocycles. The highest BCUT2D eigenvalue weighted by Crippen LogP contribution is 2.26. The number of ether oxygens (including phenoxy) is 1. The Labute approximate surface area is 128 Å². The second-order valence-corrected chi connectivity index (χ2v) is 6.20. The van der Waals surface area contributed by atoms with Gasteiger partial charge in [-0.2, -0.15) is 0 Å². The number of carboxylic acids is 1. The van der Waals surface area contributed by atoms with Crippen LogP contribution in [-0.2, 0) is 9.59 Å². The van der Waals surface area contributed by atoms with Crippen molar-refractivity contribution in [3.8, 4) is 5.75 Å². The molecule has 1 aromatic carbocycles. The van der Waals surface area contributed by atoms with Gasteiger partial charge in [-0.25, -0.2) is 4.79 Å². The lowest BCUT2D eigenvalue weighted by Crippen LogP contribution is -2.43. The fourth-order valence-electron chi connectivity index (χ4n) is 2.20. The first-order valence-electron chi connectivity index (χ1n) is 6.82. The maximum absolute atomic E-state index is 12.1. The molecule has 1 heterocycles. The van der Waals surface area contributed by atoms with Gasteiger partial charge in [0.05, 0.1) is 5.88 Å². The molecular formula is C15H19NO4S. The SMILES string of the molecule is CC(C)c1ccccc1OCC(=O)N1CSCC1C(=O)O. The van der Waals surface area contributed by atoms with Crippen molar-refractivity contribution in [2.24, 2.45) is 0 Å². The van der Waals surface area contributed by atoms with Gasteiger partial charge in [-0.3, -0.25) is 4.79 Å². The van der Waals surface area contributed by atoms with E-state index in [2.05, 4.69) is 13.8 Å². The van der Waals surface area contributed by atoms with Crippen LogP contribution in [0.15, 0.2) is 24.3 Å². The van der Waals surface area contributed by atoms with Crippen molar-refractivity contribution in [1.29, 1.82) is 0 Å². The summed E-state index contributed by atoms with van der Waals surface area (Å²) in [7, 11) is 0. The second kappa shape index (κ2) is 6.85. The van der Waals surface area contributed by atoms with Crippen LogP contribution in [0.3, 0.4) is 0 Å². The molecule has 1 amide bonds. The summed E-state index contributed by atoms with van der Waals surface area (Å²) in [6, 6.07) is 6.84. The molecular weight excluding hydrogens is 290 g/mol. The molecule has 1 N–H and O–H groups in total. The Morgan fingerprint density at radius 3 is 2.81 bits per heavy atom. The predicted octanol–water partition coefficient (Wildman–Crippen LogP) is 2.17. The van der Waals surface area contributed by atoms with Gasteiger partial charge in [-0.1, -0.05) is 32.0 Å². The van der Waals surface area contributed by atoms with Crippen LogP contribution >= 0.6 is 11.8 Å². The molecule has 1 fully saturated rings. The molecule has 1 atom stereocenters. The highest BCUT2D eigenvalue weighted by atomic mass is 32.2. The summed E-state index contributed by atoms with van der Waals surface area (Å²) in [6.45, 7) is 3.98. The van der Waals surface area contributed by atoms with Crippen LogP contribution in [0.25, 0.3) is 0 Å². The number of benzene rings is 1. The summed E-state index contributed by atoms with van der Waals surface area (Å²) in [5.41, 5.74) is 1.04. The minimum absolute atomic E-state index is 0.131. The van der Waals surface area contributed by atoms with Crippen LogP contribution < -0.4 is 4.74 Å². The van der Waals surface area contributed by atoms with E-state index < -0.39 is 12.0 Å². The number of thioether (sulfide) groups is 1. The van der Waals surface area contributed by atoms with E-state index in [1.54, 1.807) is 0 Å². The van der Waals surface area contributed by atoms with Gasteiger partial charge in [-0.15, -0.1) is 11.8 Å². The summed E-state index contributed by atoms with van der Waals surface area (Å²) < 4.78 is 5.61. The van der Waals surface area contributed by atoms with Crippen LogP contribution in [0.2, 0.25) is 0 Å². The molecule has 0 radical (unpaired) electrons. The number of carbonyl (C=O) groups is 2. The number of hydrogen-bond donors (Lipinski definition) is 1. The summed E-state index contributed by atoms with van der Waals surface area (Å²) in [6.07, 6.45) is 0. The zero-order valence-electron chi connectivity index (χ0n) is 12.1. The van der Waals surface area contributed by atoms with E-state index in [-0.39, 0.29) is 12.5 Å². The first-order valence-corrected chi connectivity index (χ1v) is 7.98. The number of para-hydroxylation sites is 1. The zero-order chi connectivity index (χ0) is 15.4. The van der Waals surface area contributed by atoms with E-state index in [0.29, 0.717) is 23.3 Å². The first-order chi connectivity index (χ1) is 10.0. The van der Waals surface area contributed by atoms with E-state index >= 15 is 0 Å². The van der Waals surface area contributed by atoms with Crippen molar-refractivity contribution in [3.63, 3.8) is 0 Å². The van der Waals surface area contributed by atoms with Gasteiger partial charge in [0.25, 0.3) is 5.91 Å². The Bertz CT molecular complexity index is 532. The maximum Gasteiger partial charge on any atom is 0.327 e. The van der Waals surface area contributed by atoms with E-state index in [9.17, 15) is 9.59 Å². The monoisotopic (exact) mass is 309 g/mol. The topological polar surface area (TPSA) is 66.8 Å². The van der Waals surface area contributed by atoms with Crippen molar-refractivity contribution in [2.45, 2.75) is 25.8 Å². The normalized spacial score (nSPS) is 18.0. The Kier molecular flexibility index (Phi) is 5.12. The van der Waals surface area contributed by atoms with Crippen LogP contribution in [0.1, 0.15) is 25.3 Å². The van der Waals surface area contributed by atoms with Gasteiger partial charge >= 0.3 is 5.97 Å². The van der Waals surface area contributed by atoms with Gasteiger partial charge in [-0.05, 0) is 17.5 Å². The zero-order valence-corrected chi connectivity index (χ0v) is 12.9. The van der Waals surface area contributed by atoms with Crippen LogP contribution in [0, 0.1) is 0 Å². The number of amides is 1. The third-order valence-electron chi connectivity index (χ3n) is 3.38. The van der Waals surface area contributed by atoms with Crippen molar-refractivity contribution in [3.05, 3.63) is 29.8 Å². The Morgan fingerprint density at radius 2 is 2.14 bits per heavy atom. The summed E-state index contributed by atoms with van der Waals surface area (Å²) >= 11 is 1.45. The molecule has 5 nitrogen and oxygen atoms in total. The Morgan fingerprint density at radius 1 is 1.43 bits per heavy atom. The molecule has 1 aliphatic rings. The molecule has 114 valence electrons. The molecule has 0 aromatic heterocycles. The standard InChI is InChI=1S/C15H19NO4S/c1-10(2)11-5-3-4-6-13(11)20-7-14(17)16-9-21-8-12(16)15(18)19/h3-6,10,12H,7-9H2,1-2H3,(H,18,19). The van der Waals surface area contributed by atoms with Crippen molar-refractivity contribution >= 4 is 23.6 Å². The minimum atomic E-state index is -0.962. The lowest BCUT2D eigenvalue weighted by Gasteiger charge is -2.21. The molecule has 6 heteroatoms. The maximum atomic E-state index is 12.1. The second-order valence-electron chi connectivity index (χ2n) is 5.20. The minimum Gasteiger partial charge on any atom is -0.483 e. The van der Waals surface area contributed by atoms with Gasteiger partial charge in [0.2, 0.25) is 0 Å². The number of aliphatic carboxylic acids is 1. The third kappa shape index (κ3) is 3.69. The van der Waals surface area contributed by atoms with E-state index in [1.165, 1.54) is 16.7 Å². The highest BCUT2D eigenvalue weighted by molar-refractivity contribution is 7.99. The predicted molar refractivity (Wildman–Crippen MR) is 81.6 cm³/mol. The smallest absolute Gasteiger partial charge is 0.327 e. The van der Waals surface area contributed by atoms with Gasteiger partial charge in [0.15, 0.2) is 6.61 Å². The summed E-state index contributed by atoms with van der Waals surface area (Å²) in [4.78, 5) is 24.6. The van der Waals surface area contributed by atoms with Crippen molar-refractivity contribution in [1.82, 2.24) is 4.90 Å². The molecule has 21 heavy (non-hydrogen) atoms. The molecule has 2 rings (SSSR count). The first kappa shape index (κ1) is 15.7. The van der Waals surface area contributed by atoms with Gasteiger partial charge < -0.3 is 14.7 Å². The van der Waals surface area contributed by atoms with E-state index in [0.717, 1.165) is 5.56 Å². The number of nitrogens with zero attached hydrogens (tertiary/aromatic N) is 1. The van der Waals surface area contributed by atoms with Crippen LogP contribution in [0.4, 0.5) is 0 Å². The molecule has 1 aromatic rings. The average Bonchev–Trinajstić information content (AvgIpc) is 2.94. The van der Waals surface area contributed by atoms with Gasteiger partial charge in [0, 0.05) is 5.75 Å². The highest BCUT2D eigenvalue weighted by Gasteiger charge is 2.34. The fraction of sp³-hybridized carbons (Fsp3) is 0.467. The fourth-order valence-corrected chi connectivity index (χ4v) is 3.38. The van der Waals surface area contributed by atoms with Crippen LogP contribution in [-0.4, -0.2) is 46.2 Å². The molecule has 1 unspecified atom stereocenters. The molecule has 1 aliphatic heterocycles. The lowest BCUT2D eigenvalue weighted by molar-refractivity contribution is -0.148. The molecule has 0 aliphatic carbocycles. The third-order valence-corrected chi connectivity index (χ3v) is 4.39. The van der Waals surface area contributed by atoms with Gasteiger partial charge in [0.1, 0.15) is 11.8 Å². The van der Waals surface area contributed by atoms with Crippen molar-refractivity contribution in [2.75, 3.05) is 18.2 Å². The number of hydrogen-bond acceptors (Lipinski definition) is 4. The Hall–Kier alpha value is -1.69. The number of rotatable bonds is 5. The van der Waals surface area contributed by atoms with Crippen molar-refractivity contribution < 1.29 is 19.4 Å². The molecule has 0 bridgehead atoms. The average molecular weight is 309 g/mol. The van der Waals surface area contributed by atoms with E-state index in [1.807, 2.05) is 24.3 Å². The van der Waals surface area contributed by atoms with Crippen LogP contribution in [0.5, 0.6) is 5.75 Å². The summed E-state index contributed by atoms with van der Waals surface area (Å²) in [5.74, 6) is 0.570. The summed E-state index contributed by atoms with van der Waals surface area (Å²) in [5, 5.41) is 9.09. The lowest BCUT2D eigenvalue weighted by atomic mass is 10.0. The largest absolute Gasteiger partial charge is 0.483 e. The van der Waals surface area contributed by atoms with E-state index in [4.69, 9.17) is 9.84 Å². The quantitative estimate of drug-likeness (QED) is 0.903. The number of carboxylic acid groups (broad SMARTS) is 1. The Balaban J connectivity index is 2.00. The number of carbonyl (C=O) groups excluding carboxylic acids is 1.